The van der Waals surface area contributed by atoms with Gasteiger partial charge in [0.15, 0.2) is 0 Å². The fraction of sp³-hybridized carbons (Fsp3) is 0.316. The van der Waals surface area contributed by atoms with Crippen molar-refractivity contribution in [2.75, 3.05) is 7.05 Å². The van der Waals surface area contributed by atoms with E-state index in [4.69, 9.17) is 0 Å². The van der Waals surface area contributed by atoms with Crippen LogP contribution >= 0.6 is 0 Å². The number of carbonyl (C=O) groups excluding carboxylic acids is 1. The van der Waals surface area contributed by atoms with E-state index >= 15 is 0 Å². The fourth-order valence-electron chi connectivity index (χ4n) is 2.29. The smallest absolute Gasteiger partial charge is 0.251 e. The molecule has 0 aliphatic carbocycles. The van der Waals surface area contributed by atoms with E-state index in [1.807, 2.05) is 13.8 Å². The van der Waals surface area contributed by atoms with Crippen molar-refractivity contribution in [2.45, 2.75) is 37.8 Å². The molecule has 1 N–H and O–H groups in total. The van der Waals surface area contributed by atoms with E-state index in [1.165, 1.54) is 4.31 Å². The summed E-state index contributed by atoms with van der Waals surface area (Å²) >= 11 is 0. The van der Waals surface area contributed by atoms with Crippen molar-refractivity contribution in [1.29, 1.82) is 0 Å². The molecule has 6 heteroatoms. The average Bonchev–Trinajstić information content (AvgIpc) is 2.62. The van der Waals surface area contributed by atoms with Crippen molar-refractivity contribution < 1.29 is 13.2 Å². The first-order valence-corrected chi connectivity index (χ1v) is 9.69. The van der Waals surface area contributed by atoms with E-state index in [-0.39, 0.29) is 23.4 Å². The molecule has 25 heavy (non-hydrogen) atoms. The predicted molar refractivity (Wildman–Crippen MR) is 98.8 cm³/mol. The van der Waals surface area contributed by atoms with E-state index in [2.05, 4.69) is 5.32 Å². The van der Waals surface area contributed by atoms with Gasteiger partial charge in [-0.3, -0.25) is 4.79 Å². The van der Waals surface area contributed by atoms with Crippen LogP contribution in [-0.4, -0.2) is 31.7 Å². The van der Waals surface area contributed by atoms with Gasteiger partial charge in [0.25, 0.3) is 5.91 Å². The lowest BCUT2D eigenvalue weighted by Crippen LogP contribution is -2.31. The zero-order valence-electron chi connectivity index (χ0n) is 14.8. The van der Waals surface area contributed by atoms with Gasteiger partial charge in [0, 0.05) is 25.2 Å². The molecule has 5 nitrogen and oxygen atoms in total. The third-order valence-corrected chi connectivity index (χ3v) is 5.88. The minimum absolute atomic E-state index is 0.119. The van der Waals surface area contributed by atoms with Crippen LogP contribution in [-0.2, 0) is 16.6 Å². The lowest BCUT2D eigenvalue weighted by Gasteiger charge is -2.17. The zero-order chi connectivity index (χ0) is 18.4. The summed E-state index contributed by atoms with van der Waals surface area (Å²) in [6.07, 6.45) is 0.867. The molecular weight excluding hydrogens is 336 g/mol. The lowest BCUT2D eigenvalue weighted by molar-refractivity contribution is 0.0939. The normalized spacial score (nSPS) is 12.8. The topological polar surface area (TPSA) is 66.5 Å². The van der Waals surface area contributed by atoms with Gasteiger partial charge in [0.1, 0.15) is 0 Å². The number of amides is 1. The van der Waals surface area contributed by atoms with Crippen LogP contribution < -0.4 is 5.32 Å². The molecule has 1 atom stereocenters. The standard InChI is InChI=1S/C19H24N2O3S/c1-4-15(2)20-19(22)17-12-10-16(11-13-17)14-21(3)25(23,24)18-8-6-5-7-9-18/h5-13,15H,4,14H2,1-3H3,(H,20,22)/t15-/m1/s1. The Morgan fingerprint density at radius 1 is 1.08 bits per heavy atom. The Morgan fingerprint density at radius 3 is 2.24 bits per heavy atom. The number of benzene rings is 2. The molecule has 1 amide bonds. The Bertz CT molecular complexity index is 802. The summed E-state index contributed by atoms with van der Waals surface area (Å²) in [4.78, 5) is 12.3. The summed E-state index contributed by atoms with van der Waals surface area (Å²) in [6, 6.07) is 15.5. The molecule has 0 unspecified atom stereocenters. The number of carbonyl (C=O) groups is 1. The molecule has 0 aliphatic heterocycles. The molecule has 0 saturated carbocycles. The molecular formula is C19H24N2O3S. The molecule has 0 fully saturated rings. The molecule has 0 heterocycles. The molecule has 0 radical (unpaired) electrons. The van der Waals surface area contributed by atoms with Gasteiger partial charge in [-0.25, -0.2) is 8.42 Å². The minimum atomic E-state index is -3.53. The molecule has 134 valence electrons. The number of nitrogens with one attached hydrogen (secondary N) is 1. The summed E-state index contributed by atoms with van der Waals surface area (Å²) in [6.45, 7) is 4.21. The molecule has 2 rings (SSSR count). The minimum Gasteiger partial charge on any atom is -0.350 e. The first-order chi connectivity index (χ1) is 11.8. The zero-order valence-corrected chi connectivity index (χ0v) is 15.6. The van der Waals surface area contributed by atoms with Crippen molar-refractivity contribution in [3.05, 3.63) is 65.7 Å². The highest BCUT2D eigenvalue weighted by atomic mass is 32.2. The summed E-state index contributed by atoms with van der Waals surface area (Å²) in [5.74, 6) is -0.119. The van der Waals surface area contributed by atoms with Crippen LogP contribution in [0.4, 0.5) is 0 Å². The predicted octanol–water partition coefficient (Wildman–Crippen LogP) is 3.04. The molecule has 0 aliphatic rings. The largest absolute Gasteiger partial charge is 0.350 e. The van der Waals surface area contributed by atoms with Crippen LogP contribution in [0.5, 0.6) is 0 Å². The van der Waals surface area contributed by atoms with E-state index in [1.54, 1.807) is 61.6 Å². The second-order valence-corrected chi connectivity index (χ2v) is 8.10. The second-order valence-electron chi connectivity index (χ2n) is 6.05. The second kappa shape index (κ2) is 8.27. The third kappa shape index (κ3) is 4.90. The van der Waals surface area contributed by atoms with Crippen LogP contribution in [0, 0.1) is 0 Å². The molecule has 0 spiro atoms. The third-order valence-electron chi connectivity index (χ3n) is 4.06. The van der Waals surface area contributed by atoms with E-state index < -0.39 is 10.0 Å². The Hall–Kier alpha value is -2.18. The maximum absolute atomic E-state index is 12.5. The highest BCUT2D eigenvalue weighted by molar-refractivity contribution is 7.89. The number of hydrogen-bond acceptors (Lipinski definition) is 3. The molecule has 2 aromatic carbocycles. The van der Waals surface area contributed by atoms with E-state index in [0.717, 1.165) is 12.0 Å². The van der Waals surface area contributed by atoms with Crippen LogP contribution in [0.25, 0.3) is 0 Å². The first kappa shape index (κ1) is 19.1. The number of nitrogens with zero attached hydrogens (tertiary/aromatic N) is 1. The molecule has 0 saturated heterocycles. The Morgan fingerprint density at radius 2 is 1.68 bits per heavy atom. The van der Waals surface area contributed by atoms with Gasteiger partial charge in [-0.1, -0.05) is 37.3 Å². The number of sulfonamides is 1. The van der Waals surface area contributed by atoms with Crippen LogP contribution in [0.1, 0.15) is 36.2 Å². The summed E-state index contributed by atoms with van der Waals surface area (Å²) in [5, 5.41) is 2.91. The van der Waals surface area contributed by atoms with Crippen molar-refractivity contribution in [3.8, 4) is 0 Å². The van der Waals surface area contributed by atoms with Gasteiger partial charge < -0.3 is 5.32 Å². The van der Waals surface area contributed by atoms with Gasteiger partial charge in [0.05, 0.1) is 4.90 Å². The SMILES string of the molecule is CC[C@@H](C)NC(=O)c1ccc(CN(C)S(=O)(=O)c2ccccc2)cc1. The first-order valence-electron chi connectivity index (χ1n) is 8.25. The molecule has 0 aromatic heterocycles. The highest BCUT2D eigenvalue weighted by Crippen LogP contribution is 2.16. The maximum atomic E-state index is 12.5. The van der Waals surface area contributed by atoms with E-state index in [0.29, 0.717) is 5.56 Å². The van der Waals surface area contributed by atoms with E-state index in [9.17, 15) is 13.2 Å². The van der Waals surface area contributed by atoms with Crippen molar-refractivity contribution >= 4 is 15.9 Å². The van der Waals surface area contributed by atoms with Gasteiger partial charge in [-0.2, -0.15) is 4.31 Å². The molecule has 2 aromatic rings. The Balaban J connectivity index is 2.07. The van der Waals surface area contributed by atoms with Gasteiger partial charge in [0.2, 0.25) is 10.0 Å². The monoisotopic (exact) mass is 360 g/mol. The fourth-order valence-corrected chi connectivity index (χ4v) is 3.47. The van der Waals surface area contributed by atoms with Crippen LogP contribution in [0.3, 0.4) is 0 Å². The number of rotatable bonds is 7. The Labute approximate surface area is 149 Å². The highest BCUT2D eigenvalue weighted by Gasteiger charge is 2.20. The van der Waals surface area contributed by atoms with Crippen LogP contribution in [0.2, 0.25) is 0 Å². The van der Waals surface area contributed by atoms with Crippen molar-refractivity contribution in [1.82, 2.24) is 9.62 Å². The average molecular weight is 360 g/mol. The molecule has 0 bridgehead atoms. The van der Waals surface area contributed by atoms with Crippen molar-refractivity contribution in [3.63, 3.8) is 0 Å². The van der Waals surface area contributed by atoms with Gasteiger partial charge in [-0.15, -0.1) is 0 Å². The van der Waals surface area contributed by atoms with Crippen LogP contribution in [0.15, 0.2) is 59.5 Å². The Kier molecular flexibility index (Phi) is 6.33. The maximum Gasteiger partial charge on any atom is 0.251 e. The quantitative estimate of drug-likeness (QED) is 0.825. The van der Waals surface area contributed by atoms with Gasteiger partial charge >= 0.3 is 0 Å². The number of hydrogen-bond donors (Lipinski definition) is 1. The lowest BCUT2D eigenvalue weighted by atomic mass is 10.1. The summed E-state index contributed by atoms with van der Waals surface area (Å²) < 4.78 is 26.4. The summed E-state index contributed by atoms with van der Waals surface area (Å²) in [7, 11) is -1.98. The summed E-state index contributed by atoms with van der Waals surface area (Å²) in [5.41, 5.74) is 1.39. The van der Waals surface area contributed by atoms with Gasteiger partial charge in [-0.05, 0) is 43.2 Å². The van der Waals surface area contributed by atoms with Crippen molar-refractivity contribution in [2.24, 2.45) is 0 Å².